The van der Waals surface area contributed by atoms with Crippen LogP contribution in [0.1, 0.15) is 75.1 Å². The third kappa shape index (κ3) is 10.4. The fourth-order valence-corrected chi connectivity index (χ4v) is 3.45. The molecule has 0 aliphatic heterocycles. The number of hydrogen-bond donors (Lipinski definition) is 2. The van der Waals surface area contributed by atoms with E-state index in [-0.39, 0.29) is 11.5 Å². The van der Waals surface area contributed by atoms with Crippen molar-refractivity contribution in [2.24, 2.45) is 5.92 Å². The highest BCUT2D eigenvalue weighted by Gasteiger charge is 2.30. The van der Waals surface area contributed by atoms with E-state index in [1.54, 1.807) is 0 Å². The number of rotatable bonds is 12. The fraction of sp³-hybridized carbons (Fsp3) is 0.500. The van der Waals surface area contributed by atoms with Crippen molar-refractivity contribution >= 4 is 16.8 Å². The van der Waals surface area contributed by atoms with Crippen molar-refractivity contribution in [1.82, 2.24) is 15.3 Å². The van der Waals surface area contributed by atoms with Gasteiger partial charge >= 0.3 is 6.18 Å². The number of nitrogens with zero attached hydrogens (tertiary/aromatic N) is 1. The number of imidazole rings is 1. The molecule has 0 spiro atoms. The maximum Gasteiger partial charge on any atom is 0.416 e. The van der Waals surface area contributed by atoms with E-state index in [9.17, 15) is 18.0 Å². The highest BCUT2D eigenvalue weighted by Crippen LogP contribution is 2.31. The van der Waals surface area contributed by atoms with Gasteiger partial charge in [0.25, 0.3) is 0 Å². The number of unbranched alkanes of at least 4 members (excludes halogenated alkanes) is 1. The van der Waals surface area contributed by atoms with Crippen molar-refractivity contribution in [3.05, 3.63) is 59.4 Å². The summed E-state index contributed by atoms with van der Waals surface area (Å²) >= 11 is 0. The van der Waals surface area contributed by atoms with Gasteiger partial charge in [-0.3, -0.25) is 4.79 Å². The molecule has 0 amide bonds. The number of benzene rings is 2. The zero-order chi connectivity index (χ0) is 26.6. The van der Waals surface area contributed by atoms with Crippen LogP contribution in [0.2, 0.25) is 0 Å². The van der Waals surface area contributed by atoms with E-state index in [2.05, 4.69) is 36.1 Å². The third-order valence-corrected chi connectivity index (χ3v) is 5.49. The summed E-state index contributed by atoms with van der Waals surface area (Å²) in [5.74, 6) is 1.30. The molecule has 0 aliphatic carbocycles. The van der Waals surface area contributed by atoms with Crippen LogP contribution in [0.15, 0.2) is 42.5 Å². The molecule has 2 aromatic carbocycles. The largest absolute Gasteiger partial charge is 0.494 e. The van der Waals surface area contributed by atoms with E-state index in [1.807, 2.05) is 18.2 Å². The van der Waals surface area contributed by atoms with E-state index in [1.165, 1.54) is 45.0 Å². The first kappa shape index (κ1) is 29.4. The number of halogens is 3. The fourth-order valence-electron chi connectivity index (χ4n) is 3.45. The third-order valence-electron chi connectivity index (χ3n) is 5.49. The van der Waals surface area contributed by atoms with Gasteiger partial charge in [0.1, 0.15) is 5.75 Å². The quantitative estimate of drug-likeness (QED) is 0.201. The molecule has 0 radical (unpaired) electrons. The van der Waals surface area contributed by atoms with Gasteiger partial charge < -0.3 is 15.0 Å². The summed E-state index contributed by atoms with van der Waals surface area (Å²) in [6.45, 7) is 10.9. The van der Waals surface area contributed by atoms with Gasteiger partial charge in [0, 0.05) is 6.92 Å². The molecule has 198 valence electrons. The Bertz CT molecular complexity index is 1080. The molecule has 1 aromatic heterocycles. The topological polar surface area (TPSA) is 67.0 Å². The number of fused-ring (bicyclic) bond motifs is 1. The van der Waals surface area contributed by atoms with Crippen LogP contribution in [0.4, 0.5) is 13.2 Å². The van der Waals surface area contributed by atoms with Gasteiger partial charge in [-0.15, -0.1) is 0 Å². The van der Waals surface area contributed by atoms with E-state index in [0.29, 0.717) is 12.4 Å². The van der Waals surface area contributed by atoms with Crippen LogP contribution in [0.3, 0.4) is 0 Å². The Balaban J connectivity index is 0.000000434. The number of ether oxygens (including phenoxy) is 1. The maximum absolute atomic E-state index is 12.7. The molecular formula is C28H38F3N3O2. The standard InChI is InChI=1S/C20H19F3N2O2.C8H19N/c1-13(26)19-24-17-9-8-14(11-18(17)25-19)5-2-3-10-27-16-7-4-6-15(12-16)20(21,22)23;1-4-6-9-7-5-8(2)3/h4,6-9,11-12H,2-3,5,10H2,1H3,(H,24,25);8-9H,4-7H2,1-3H3. The van der Waals surface area contributed by atoms with Crippen molar-refractivity contribution in [2.75, 3.05) is 19.7 Å². The first-order chi connectivity index (χ1) is 17.1. The minimum absolute atomic E-state index is 0.112. The molecule has 0 unspecified atom stereocenters. The van der Waals surface area contributed by atoms with E-state index in [0.717, 1.165) is 53.9 Å². The van der Waals surface area contributed by atoms with Crippen LogP contribution in [-0.4, -0.2) is 35.4 Å². The summed E-state index contributed by atoms with van der Waals surface area (Å²) < 4.78 is 43.4. The number of alkyl halides is 3. The first-order valence-corrected chi connectivity index (χ1v) is 12.6. The predicted octanol–water partition coefficient (Wildman–Crippen LogP) is 7.22. The Kier molecular flexibility index (Phi) is 11.9. The van der Waals surface area contributed by atoms with E-state index < -0.39 is 11.7 Å². The van der Waals surface area contributed by atoms with Crippen molar-refractivity contribution in [2.45, 2.75) is 66.0 Å². The van der Waals surface area contributed by atoms with Gasteiger partial charge in [-0.1, -0.05) is 32.9 Å². The molecular weight excluding hydrogens is 467 g/mol. The van der Waals surface area contributed by atoms with Crippen LogP contribution in [0.5, 0.6) is 5.75 Å². The summed E-state index contributed by atoms with van der Waals surface area (Å²) in [5.41, 5.74) is 1.95. The summed E-state index contributed by atoms with van der Waals surface area (Å²) in [4.78, 5) is 18.6. The summed E-state index contributed by atoms with van der Waals surface area (Å²) in [6, 6.07) is 10.7. The van der Waals surface area contributed by atoms with Gasteiger partial charge in [-0.25, -0.2) is 4.98 Å². The lowest BCUT2D eigenvalue weighted by Crippen LogP contribution is -2.17. The van der Waals surface area contributed by atoms with Gasteiger partial charge in [0.05, 0.1) is 23.2 Å². The number of carbonyl (C=O) groups is 1. The second-order valence-corrected chi connectivity index (χ2v) is 9.26. The van der Waals surface area contributed by atoms with Crippen molar-refractivity contribution in [3.8, 4) is 5.75 Å². The lowest BCUT2D eigenvalue weighted by atomic mass is 10.1. The molecule has 0 saturated carbocycles. The number of carbonyl (C=O) groups excluding carboxylic acids is 1. The molecule has 0 saturated heterocycles. The number of nitrogens with one attached hydrogen (secondary N) is 2. The van der Waals surface area contributed by atoms with Gasteiger partial charge in [-0.2, -0.15) is 13.2 Å². The van der Waals surface area contributed by atoms with E-state index >= 15 is 0 Å². The smallest absolute Gasteiger partial charge is 0.416 e. The minimum atomic E-state index is -4.37. The van der Waals surface area contributed by atoms with Crippen LogP contribution in [-0.2, 0) is 12.6 Å². The molecule has 0 atom stereocenters. The number of aryl methyl sites for hydroxylation is 1. The first-order valence-electron chi connectivity index (χ1n) is 12.6. The molecule has 5 nitrogen and oxygen atoms in total. The normalized spacial score (nSPS) is 11.4. The number of Topliss-reactive ketones (excluding diaryl/α,β-unsaturated/α-hetero) is 1. The molecule has 3 aromatic rings. The molecule has 0 bridgehead atoms. The van der Waals surface area contributed by atoms with Crippen LogP contribution in [0.25, 0.3) is 11.0 Å². The number of aromatic amines is 1. The molecule has 3 rings (SSSR count). The lowest BCUT2D eigenvalue weighted by Gasteiger charge is -2.10. The molecule has 0 fully saturated rings. The second kappa shape index (κ2) is 14.6. The molecule has 2 N–H and O–H groups in total. The SMILES string of the molecule is CC(=O)c1nc2ccc(CCCCOc3cccc(C(F)(F)F)c3)cc2[nH]1.CCCNCCC(C)C. The zero-order valence-corrected chi connectivity index (χ0v) is 21.7. The highest BCUT2D eigenvalue weighted by atomic mass is 19.4. The molecule has 36 heavy (non-hydrogen) atoms. The molecule has 1 heterocycles. The Morgan fingerprint density at radius 1 is 1.11 bits per heavy atom. The number of H-pyrrole nitrogens is 1. The Morgan fingerprint density at radius 3 is 2.56 bits per heavy atom. The van der Waals surface area contributed by atoms with Crippen molar-refractivity contribution in [1.29, 1.82) is 0 Å². The predicted molar refractivity (Wildman–Crippen MR) is 139 cm³/mol. The van der Waals surface area contributed by atoms with Gasteiger partial charge in [0.2, 0.25) is 0 Å². The average molecular weight is 506 g/mol. The van der Waals surface area contributed by atoms with Crippen LogP contribution < -0.4 is 10.1 Å². The Labute approximate surface area is 211 Å². The molecule has 0 aliphatic rings. The summed E-state index contributed by atoms with van der Waals surface area (Å²) in [7, 11) is 0. The number of hydrogen-bond acceptors (Lipinski definition) is 4. The van der Waals surface area contributed by atoms with Crippen molar-refractivity contribution < 1.29 is 22.7 Å². The van der Waals surface area contributed by atoms with Crippen molar-refractivity contribution in [3.63, 3.8) is 0 Å². The summed E-state index contributed by atoms with van der Waals surface area (Å²) in [6.07, 6.45) is 0.537. The number of ketones is 1. The van der Waals surface area contributed by atoms with Gasteiger partial charge in [0.15, 0.2) is 11.6 Å². The summed E-state index contributed by atoms with van der Waals surface area (Å²) in [5, 5.41) is 3.37. The second-order valence-electron chi connectivity index (χ2n) is 9.26. The number of aromatic nitrogens is 2. The average Bonchev–Trinajstić information content (AvgIpc) is 3.26. The monoisotopic (exact) mass is 505 g/mol. The Morgan fingerprint density at radius 2 is 1.89 bits per heavy atom. The van der Waals surface area contributed by atoms with Gasteiger partial charge in [-0.05, 0) is 87.0 Å². The Hall–Kier alpha value is -2.87. The highest BCUT2D eigenvalue weighted by molar-refractivity contribution is 5.94. The lowest BCUT2D eigenvalue weighted by molar-refractivity contribution is -0.137. The minimum Gasteiger partial charge on any atom is -0.494 e. The maximum atomic E-state index is 12.7. The zero-order valence-electron chi connectivity index (χ0n) is 21.7. The van der Waals surface area contributed by atoms with Crippen LogP contribution >= 0.6 is 0 Å². The molecule has 8 heteroatoms. The van der Waals surface area contributed by atoms with E-state index in [4.69, 9.17) is 4.74 Å². The van der Waals surface area contributed by atoms with Crippen LogP contribution in [0, 0.1) is 5.92 Å².